The van der Waals surface area contributed by atoms with E-state index < -0.39 is 0 Å². The normalized spacial score (nSPS) is 17.1. The molecule has 1 unspecified atom stereocenters. The van der Waals surface area contributed by atoms with Crippen LogP contribution < -0.4 is 19.5 Å². The van der Waals surface area contributed by atoms with Gasteiger partial charge in [-0.05, 0) is 49.2 Å². The Hall–Kier alpha value is -3.10. The van der Waals surface area contributed by atoms with Crippen molar-refractivity contribution in [3.8, 4) is 28.5 Å². The highest BCUT2D eigenvalue weighted by Crippen LogP contribution is 2.36. The molecule has 1 fully saturated rings. The van der Waals surface area contributed by atoms with Crippen LogP contribution in [-0.4, -0.2) is 37.0 Å². The summed E-state index contributed by atoms with van der Waals surface area (Å²) >= 11 is 1.37. The maximum Gasteiger partial charge on any atom is 0.257 e. The quantitative estimate of drug-likeness (QED) is 0.634. The Morgan fingerprint density at radius 3 is 3.03 bits per heavy atom. The average Bonchev–Trinajstić information content (AvgIpc) is 3.53. The lowest BCUT2D eigenvalue weighted by atomic mass is 10.1. The molecule has 3 aromatic rings. The van der Waals surface area contributed by atoms with Gasteiger partial charge < -0.3 is 18.9 Å². The van der Waals surface area contributed by atoms with E-state index in [2.05, 4.69) is 10.3 Å². The van der Waals surface area contributed by atoms with Gasteiger partial charge in [-0.15, -0.1) is 11.3 Å². The van der Waals surface area contributed by atoms with Gasteiger partial charge in [0.1, 0.15) is 12.4 Å². The van der Waals surface area contributed by atoms with Gasteiger partial charge >= 0.3 is 0 Å². The lowest BCUT2D eigenvalue weighted by Crippen LogP contribution is -2.16. The topological polar surface area (TPSA) is 78.9 Å². The highest BCUT2D eigenvalue weighted by atomic mass is 32.1. The third-order valence-corrected chi connectivity index (χ3v) is 5.71. The summed E-state index contributed by atoms with van der Waals surface area (Å²) in [7, 11) is 0. The smallest absolute Gasteiger partial charge is 0.257 e. The Bertz CT molecular complexity index is 1060. The van der Waals surface area contributed by atoms with Gasteiger partial charge in [-0.1, -0.05) is 6.07 Å². The van der Waals surface area contributed by atoms with Crippen molar-refractivity contribution in [2.24, 2.45) is 0 Å². The SMILES string of the molecule is O=C(Nc1nc(-c2ccc3c(c2)OCO3)cs1)c1cccc(OCC2CCCO2)c1. The molecule has 1 atom stereocenters. The minimum Gasteiger partial charge on any atom is -0.491 e. The molecule has 1 saturated heterocycles. The highest BCUT2D eigenvalue weighted by molar-refractivity contribution is 7.14. The largest absolute Gasteiger partial charge is 0.491 e. The number of carbonyl (C=O) groups is 1. The summed E-state index contributed by atoms with van der Waals surface area (Å²) < 4.78 is 22.1. The van der Waals surface area contributed by atoms with E-state index in [1.165, 1.54) is 11.3 Å². The summed E-state index contributed by atoms with van der Waals surface area (Å²) in [6, 6.07) is 12.8. The van der Waals surface area contributed by atoms with Crippen molar-refractivity contribution in [2.75, 3.05) is 25.3 Å². The molecule has 0 bridgehead atoms. The van der Waals surface area contributed by atoms with Gasteiger partial charge in [-0.25, -0.2) is 4.98 Å². The zero-order chi connectivity index (χ0) is 20.3. The van der Waals surface area contributed by atoms with Crippen molar-refractivity contribution in [3.05, 3.63) is 53.4 Å². The minimum atomic E-state index is -0.232. The van der Waals surface area contributed by atoms with Gasteiger partial charge in [0.15, 0.2) is 16.6 Å². The maximum absolute atomic E-state index is 12.7. The van der Waals surface area contributed by atoms with E-state index in [1.807, 2.05) is 29.6 Å². The van der Waals surface area contributed by atoms with Gasteiger partial charge in [0.25, 0.3) is 5.91 Å². The number of thiazole rings is 1. The maximum atomic E-state index is 12.7. The predicted octanol–water partition coefficient (Wildman–Crippen LogP) is 4.35. The summed E-state index contributed by atoms with van der Waals surface area (Å²) in [4.78, 5) is 17.2. The van der Waals surface area contributed by atoms with E-state index in [4.69, 9.17) is 18.9 Å². The van der Waals surface area contributed by atoms with E-state index in [0.29, 0.717) is 28.8 Å². The summed E-state index contributed by atoms with van der Waals surface area (Å²) in [5.41, 5.74) is 2.18. The van der Waals surface area contributed by atoms with Crippen molar-refractivity contribution in [2.45, 2.75) is 18.9 Å². The number of hydrogen-bond donors (Lipinski definition) is 1. The Labute approximate surface area is 177 Å². The number of ether oxygens (including phenoxy) is 4. The van der Waals surface area contributed by atoms with Crippen LogP contribution in [0.3, 0.4) is 0 Å². The van der Waals surface area contributed by atoms with Crippen LogP contribution >= 0.6 is 11.3 Å². The van der Waals surface area contributed by atoms with Crippen LogP contribution in [0.1, 0.15) is 23.2 Å². The zero-order valence-corrected chi connectivity index (χ0v) is 16.9. The molecular formula is C22H20N2O5S. The fourth-order valence-corrected chi connectivity index (χ4v) is 4.10. The molecule has 30 heavy (non-hydrogen) atoms. The number of aromatic nitrogens is 1. The van der Waals surface area contributed by atoms with Crippen LogP contribution in [0.5, 0.6) is 17.2 Å². The number of benzene rings is 2. The molecule has 1 amide bonds. The molecule has 0 radical (unpaired) electrons. The lowest BCUT2D eigenvalue weighted by Gasteiger charge is -2.12. The molecule has 0 saturated carbocycles. The molecule has 1 aromatic heterocycles. The number of carbonyl (C=O) groups excluding carboxylic acids is 1. The standard InChI is InChI=1S/C22H20N2O5S/c25-21(15-3-1-4-16(9-15)27-11-17-5-2-8-26-17)24-22-23-18(12-30-22)14-6-7-19-20(10-14)29-13-28-19/h1,3-4,6-7,9-10,12,17H,2,5,8,11,13H2,(H,23,24,25). The monoisotopic (exact) mass is 424 g/mol. The molecule has 154 valence electrons. The van der Waals surface area contributed by atoms with E-state index >= 15 is 0 Å². The fraction of sp³-hybridized carbons (Fsp3) is 0.273. The van der Waals surface area contributed by atoms with Crippen molar-refractivity contribution in [1.29, 1.82) is 0 Å². The first kappa shape index (κ1) is 18.9. The second-order valence-corrected chi connectivity index (χ2v) is 7.89. The average molecular weight is 424 g/mol. The summed E-state index contributed by atoms with van der Waals surface area (Å²) in [6.07, 6.45) is 2.21. The molecule has 2 aliphatic rings. The fourth-order valence-electron chi connectivity index (χ4n) is 3.38. The number of fused-ring (bicyclic) bond motifs is 1. The van der Waals surface area contributed by atoms with E-state index in [1.54, 1.807) is 18.2 Å². The first-order valence-corrected chi connectivity index (χ1v) is 10.6. The predicted molar refractivity (Wildman–Crippen MR) is 113 cm³/mol. The van der Waals surface area contributed by atoms with Gasteiger partial charge in [0, 0.05) is 23.1 Å². The molecular weight excluding hydrogens is 404 g/mol. The number of anilines is 1. The van der Waals surface area contributed by atoms with Gasteiger partial charge in [-0.2, -0.15) is 0 Å². The molecule has 2 aromatic carbocycles. The van der Waals surface area contributed by atoms with Crippen molar-refractivity contribution in [3.63, 3.8) is 0 Å². The number of rotatable bonds is 6. The highest BCUT2D eigenvalue weighted by Gasteiger charge is 2.17. The van der Waals surface area contributed by atoms with Crippen LogP contribution in [0.25, 0.3) is 11.3 Å². The first-order chi connectivity index (χ1) is 14.7. The van der Waals surface area contributed by atoms with E-state index in [-0.39, 0.29) is 18.8 Å². The van der Waals surface area contributed by atoms with Crippen LogP contribution in [0.4, 0.5) is 5.13 Å². The third kappa shape index (κ3) is 4.10. The molecule has 8 heteroatoms. The number of amides is 1. The molecule has 1 N–H and O–H groups in total. The Morgan fingerprint density at radius 2 is 2.13 bits per heavy atom. The van der Waals surface area contributed by atoms with Gasteiger partial charge in [-0.3, -0.25) is 10.1 Å². The summed E-state index contributed by atoms with van der Waals surface area (Å²) in [5, 5.41) is 5.28. The van der Waals surface area contributed by atoms with E-state index in [9.17, 15) is 4.79 Å². The van der Waals surface area contributed by atoms with Crippen molar-refractivity contribution in [1.82, 2.24) is 4.98 Å². The molecule has 3 heterocycles. The van der Waals surface area contributed by atoms with Crippen LogP contribution in [0.15, 0.2) is 47.8 Å². The summed E-state index contributed by atoms with van der Waals surface area (Å²) in [5.74, 6) is 1.84. The lowest BCUT2D eigenvalue weighted by molar-refractivity contribution is 0.0679. The number of nitrogens with zero attached hydrogens (tertiary/aromatic N) is 1. The minimum absolute atomic E-state index is 0.132. The van der Waals surface area contributed by atoms with Gasteiger partial charge in [0.05, 0.1) is 11.8 Å². The third-order valence-electron chi connectivity index (χ3n) is 4.95. The zero-order valence-electron chi connectivity index (χ0n) is 16.1. The van der Waals surface area contributed by atoms with Gasteiger partial charge in [0.2, 0.25) is 6.79 Å². The Kier molecular flexibility index (Phi) is 5.25. The Balaban J connectivity index is 1.24. The molecule has 0 spiro atoms. The number of hydrogen-bond acceptors (Lipinski definition) is 7. The first-order valence-electron chi connectivity index (χ1n) is 9.76. The van der Waals surface area contributed by atoms with Crippen molar-refractivity contribution >= 4 is 22.4 Å². The van der Waals surface area contributed by atoms with Crippen LogP contribution in [0.2, 0.25) is 0 Å². The van der Waals surface area contributed by atoms with Crippen molar-refractivity contribution < 1.29 is 23.7 Å². The van der Waals surface area contributed by atoms with Crippen LogP contribution in [0, 0.1) is 0 Å². The van der Waals surface area contributed by atoms with Crippen LogP contribution in [-0.2, 0) is 4.74 Å². The second-order valence-electron chi connectivity index (χ2n) is 7.03. The summed E-state index contributed by atoms with van der Waals surface area (Å²) in [6.45, 7) is 1.52. The molecule has 5 rings (SSSR count). The second kappa shape index (κ2) is 8.33. The number of nitrogens with one attached hydrogen (secondary N) is 1. The molecule has 2 aliphatic heterocycles. The molecule has 0 aliphatic carbocycles. The van der Waals surface area contributed by atoms with E-state index in [0.717, 1.165) is 36.5 Å². The Morgan fingerprint density at radius 1 is 1.20 bits per heavy atom. The molecule has 7 nitrogen and oxygen atoms in total.